The number of nitriles is 1. The van der Waals surface area contributed by atoms with Gasteiger partial charge in [0.15, 0.2) is 0 Å². The van der Waals surface area contributed by atoms with Crippen LogP contribution in [0.2, 0.25) is 0 Å². The molecule has 1 fully saturated rings. The highest BCUT2D eigenvalue weighted by Gasteiger charge is 2.22. The fraction of sp³-hybridized carbons (Fsp3) is 0.412. The van der Waals surface area contributed by atoms with Gasteiger partial charge in [-0.2, -0.15) is 5.26 Å². The molecule has 0 bridgehead atoms. The second-order valence-corrected chi connectivity index (χ2v) is 5.94. The molecule has 5 nitrogen and oxygen atoms in total. The van der Waals surface area contributed by atoms with Crippen molar-refractivity contribution in [2.45, 2.75) is 25.4 Å². The summed E-state index contributed by atoms with van der Waals surface area (Å²) in [5, 5.41) is 12.4. The summed E-state index contributed by atoms with van der Waals surface area (Å²) in [6, 6.07) is 6.97. The fourth-order valence-corrected chi connectivity index (χ4v) is 3.00. The van der Waals surface area contributed by atoms with Crippen LogP contribution in [-0.4, -0.2) is 28.7 Å². The Morgan fingerprint density at radius 2 is 2.35 bits per heavy atom. The van der Waals surface area contributed by atoms with Crippen LogP contribution in [0.3, 0.4) is 0 Å². The third-order valence-corrected chi connectivity index (χ3v) is 4.33. The number of aryl methyl sites for hydroxylation is 1. The monoisotopic (exact) mass is 313 g/mol. The topological polar surface area (TPSA) is 56.9 Å². The number of nitrogens with one attached hydrogen (secondary N) is 1. The molecule has 120 valence electrons. The van der Waals surface area contributed by atoms with Crippen molar-refractivity contribution in [2.75, 3.05) is 18.0 Å². The summed E-state index contributed by atoms with van der Waals surface area (Å²) < 4.78 is 16.2. The standard InChI is InChI=1S/C17H20FN5/c1-22-12-20-9-15(22)10-21-14-3-2-6-23(11-14)17-5-4-13(8-19)7-16(17)18/h4-5,7,9,12,14,21H,2-3,6,10-11H2,1H3/t14-/m0/s1. The molecule has 0 saturated carbocycles. The molecule has 2 aromatic rings. The molecular formula is C17H20FN5. The van der Waals surface area contributed by atoms with Crippen LogP contribution < -0.4 is 10.2 Å². The first-order valence-corrected chi connectivity index (χ1v) is 7.80. The molecule has 2 heterocycles. The molecule has 0 aliphatic carbocycles. The zero-order valence-electron chi connectivity index (χ0n) is 13.2. The Bertz CT molecular complexity index is 718. The second kappa shape index (κ2) is 6.80. The number of nitrogens with zero attached hydrogens (tertiary/aromatic N) is 4. The molecule has 0 spiro atoms. The molecule has 1 saturated heterocycles. The molecule has 1 aliphatic rings. The van der Waals surface area contributed by atoms with Crippen molar-refractivity contribution in [3.05, 3.63) is 47.8 Å². The van der Waals surface area contributed by atoms with Crippen LogP contribution in [0.1, 0.15) is 24.1 Å². The van der Waals surface area contributed by atoms with Gasteiger partial charge in [-0.3, -0.25) is 0 Å². The zero-order valence-corrected chi connectivity index (χ0v) is 13.2. The number of aromatic nitrogens is 2. The second-order valence-electron chi connectivity index (χ2n) is 5.94. The van der Waals surface area contributed by atoms with Crippen molar-refractivity contribution in [1.29, 1.82) is 5.26 Å². The van der Waals surface area contributed by atoms with E-state index in [-0.39, 0.29) is 5.82 Å². The molecule has 1 aliphatic heterocycles. The van der Waals surface area contributed by atoms with Gasteiger partial charge in [-0.1, -0.05) is 0 Å². The van der Waals surface area contributed by atoms with Crippen LogP contribution in [0.5, 0.6) is 0 Å². The molecule has 23 heavy (non-hydrogen) atoms. The first-order chi connectivity index (χ1) is 11.2. The SMILES string of the molecule is Cn1cncc1CN[C@H]1CCCN(c2ccc(C#N)cc2F)C1. The van der Waals surface area contributed by atoms with Gasteiger partial charge in [0.05, 0.1) is 29.3 Å². The minimum absolute atomic E-state index is 0.314. The van der Waals surface area contributed by atoms with Gasteiger partial charge >= 0.3 is 0 Å². The molecule has 1 aromatic carbocycles. The predicted molar refractivity (Wildman–Crippen MR) is 86.4 cm³/mol. The number of piperidine rings is 1. The number of imidazole rings is 1. The van der Waals surface area contributed by atoms with Crippen molar-refractivity contribution < 1.29 is 4.39 Å². The van der Waals surface area contributed by atoms with Crippen LogP contribution in [0.25, 0.3) is 0 Å². The maximum absolute atomic E-state index is 14.2. The van der Waals surface area contributed by atoms with Gasteiger partial charge in [0.2, 0.25) is 0 Å². The van der Waals surface area contributed by atoms with E-state index in [2.05, 4.69) is 15.2 Å². The predicted octanol–water partition coefficient (Wildman–Crippen LogP) is 2.19. The van der Waals surface area contributed by atoms with Crippen LogP contribution in [-0.2, 0) is 13.6 Å². The van der Waals surface area contributed by atoms with E-state index in [9.17, 15) is 4.39 Å². The van der Waals surface area contributed by atoms with Crippen LogP contribution in [0.15, 0.2) is 30.7 Å². The first kappa shape index (κ1) is 15.5. The van der Waals surface area contributed by atoms with Gasteiger partial charge in [0, 0.05) is 38.9 Å². The Kier molecular flexibility index (Phi) is 4.58. The third-order valence-electron chi connectivity index (χ3n) is 4.33. The van der Waals surface area contributed by atoms with Gasteiger partial charge in [0.1, 0.15) is 5.82 Å². The Labute approximate surface area is 135 Å². The van der Waals surface area contributed by atoms with Gasteiger partial charge in [-0.25, -0.2) is 9.37 Å². The molecule has 0 unspecified atom stereocenters. The van der Waals surface area contributed by atoms with E-state index in [1.807, 2.05) is 23.9 Å². The summed E-state index contributed by atoms with van der Waals surface area (Å²) in [5.74, 6) is -0.323. The average molecular weight is 313 g/mol. The lowest BCUT2D eigenvalue weighted by molar-refractivity contribution is 0.414. The van der Waals surface area contributed by atoms with Crippen LogP contribution in [0.4, 0.5) is 10.1 Å². The Morgan fingerprint density at radius 3 is 3.04 bits per heavy atom. The number of anilines is 1. The fourth-order valence-electron chi connectivity index (χ4n) is 3.00. The largest absolute Gasteiger partial charge is 0.368 e. The lowest BCUT2D eigenvalue weighted by atomic mass is 10.0. The van der Waals surface area contributed by atoms with Crippen molar-refractivity contribution in [2.24, 2.45) is 7.05 Å². The van der Waals surface area contributed by atoms with Crippen LogP contribution >= 0.6 is 0 Å². The highest BCUT2D eigenvalue weighted by molar-refractivity contribution is 5.51. The smallest absolute Gasteiger partial charge is 0.147 e. The minimum atomic E-state index is -0.323. The van der Waals surface area contributed by atoms with Gasteiger partial charge < -0.3 is 14.8 Å². The molecular weight excluding hydrogens is 293 g/mol. The summed E-state index contributed by atoms with van der Waals surface area (Å²) in [6.45, 7) is 2.36. The van der Waals surface area contributed by atoms with Gasteiger partial charge in [-0.15, -0.1) is 0 Å². The van der Waals surface area contributed by atoms with E-state index in [1.165, 1.54) is 6.07 Å². The van der Waals surface area contributed by atoms with Crippen LogP contribution in [0, 0.1) is 17.1 Å². The lowest BCUT2D eigenvalue weighted by Gasteiger charge is -2.35. The van der Waals surface area contributed by atoms with E-state index in [4.69, 9.17) is 5.26 Å². The quantitative estimate of drug-likeness (QED) is 0.940. The van der Waals surface area contributed by atoms with Crippen molar-refractivity contribution in [1.82, 2.24) is 14.9 Å². The summed E-state index contributed by atoms with van der Waals surface area (Å²) in [5.41, 5.74) is 2.07. The molecule has 0 radical (unpaired) electrons. The Morgan fingerprint density at radius 1 is 1.48 bits per heavy atom. The highest BCUT2D eigenvalue weighted by Crippen LogP contribution is 2.24. The Balaban J connectivity index is 1.64. The molecule has 1 N–H and O–H groups in total. The normalized spacial score (nSPS) is 18.0. The van der Waals surface area contributed by atoms with E-state index in [1.54, 1.807) is 18.5 Å². The zero-order chi connectivity index (χ0) is 16.2. The van der Waals surface area contributed by atoms with Crippen molar-refractivity contribution in [3.8, 4) is 6.07 Å². The summed E-state index contributed by atoms with van der Waals surface area (Å²) in [7, 11) is 1.98. The number of halogens is 1. The summed E-state index contributed by atoms with van der Waals surface area (Å²) >= 11 is 0. The third kappa shape index (κ3) is 3.51. The van der Waals surface area contributed by atoms with E-state index in [0.29, 0.717) is 17.3 Å². The number of benzene rings is 1. The lowest BCUT2D eigenvalue weighted by Crippen LogP contribution is -2.46. The molecule has 1 atom stereocenters. The van der Waals surface area contributed by atoms with E-state index < -0.39 is 0 Å². The first-order valence-electron chi connectivity index (χ1n) is 7.80. The number of hydrogen-bond acceptors (Lipinski definition) is 4. The highest BCUT2D eigenvalue weighted by atomic mass is 19.1. The Hall–Kier alpha value is -2.39. The summed E-state index contributed by atoms with van der Waals surface area (Å²) in [4.78, 5) is 6.17. The van der Waals surface area contributed by atoms with Crippen molar-refractivity contribution in [3.63, 3.8) is 0 Å². The maximum Gasteiger partial charge on any atom is 0.147 e. The number of hydrogen-bond donors (Lipinski definition) is 1. The van der Waals surface area contributed by atoms with E-state index in [0.717, 1.165) is 38.2 Å². The summed E-state index contributed by atoms with van der Waals surface area (Å²) in [6.07, 6.45) is 5.74. The van der Waals surface area contributed by atoms with Crippen molar-refractivity contribution >= 4 is 5.69 Å². The molecule has 6 heteroatoms. The maximum atomic E-state index is 14.2. The van der Waals surface area contributed by atoms with Gasteiger partial charge in [0.25, 0.3) is 0 Å². The average Bonchev–Trinajstić information content (AvgIpc) is 2.98. The number of rotatable bonds is 4. The molecule has 1 aromatic heterocycles. The molecule has 3 rings (SSSR count). The van der Waals surface area contributed by atoms with Gasteiger partial charge in [-0.05, 0) is 31.0 Å². The minimum Gasteiger partial charge on any atom is -0.368 e. The molecule has 0 amide bonds. The van der Waals surface area contributed by atoms with E-state index >= 15 is 0 Å².